The maximum absolute atomic E-state index is 4.99. The van der Waals surface area contributed by atoms with Crippen LogP contribution < -0.4 is 0 Å². The van der Waals surface area contributed by atoms with Crippen LogP contribution in [-0.4, -0.2) is 0 Å². The highest BCUT2D eigenvalue weighted by Crippen LogP contribution is 2.18. The quantitative estimate of drug-likeness (QED) is 0.613. The lowest BCUT2D eigenvalue weighted by molar-refractivity contribution is 0.567. The van der Waals surface area contributed by atoms with Crippen LogP contribution in [0.3, 0.4) is 0 Å². The van der Waals surface area contributed by atoms with Gasteiger partial charge in [0.15, 0.2) is 0 Å². The van der Waals surface area contributed by atoms with Crippen LogP contribution in [0.5, 0.6) is 0 Å². The third-order valence-electron chi connectivity index (χ3n) is 2.06. The number of allylic oxidation sites excluding steroid dienone is 3. The largest absolute Gasteiger partial charge is 0.472 e. The molecular weight excluding hydrogens is 148 g/mol. The van der Waals surface area contributed by atoms with E-state index in [2.05, 4.69) is 18.2 Å². The third-order valence-corrected chi connectivity index (χ3v) is 2.06. The van der Waals surface area contributed by atoms with Crippen molar-refractivity contribution in [1.29, 1.82) is 0 Å². The van der Waals surface area contributed by atoms with Gasteiger partial charge in [-0.3, -0.25) is 0 Å². The maximum atomic E-state index is 4.99. The summed E-state index contributed by atoms with van der Waals surface area (Å²) >= 11 is 0. The van der Waals surface area contributed by atoms with Gasteiger partial charge in [0, 0.05) is 5.56 Å². The van der Waals surface area contributed by atoms with Gasteiger partial charge >= 0.3 is 0 Å². The molecule has 0 unspecified atom stereocenters. The molecule has 2 rings (SSSR count). The summed E-state index contributed by atoms with van der Waals surface area (Å²) in [7, 11) is 0. The lowest BCUT2D eigenvalue weighted by Crippen LogP contribution is -1.85. The highest BCUT2D eigenvalue weighted by Gasteiger charge is 1.98. The Morgan fingerprint density at radius 1 is 1.42 bits per heavy atom. The van der Waals surface area contributed by atoms with Gasteiger partial charge < -0.3 is 4.42 Å². The van der Waals surface area contributed by atoms with Crippen LogP contribution in [0.2, 0.25) is 0 Å². The molecule has 1 nitrogen and oxygen atoms in total. The molecule has 0 aliphatic heterocycles. The summed E-state index contributed by atoms with van der Waals surface area (Å²) in [5, 5.41) is 0. The Morgan fingerprint density at radius 2 is 2.42 bits per heavy atom. The Labute approximate surface area is 72.4 Å². The van der Waals surface area contributed by atoms with Crippen molar-refractivity contribution in [2.24, 2.45) is 0 Å². The van der Waals surface area contributed by atoms with Crippen molar-refractivity contribution in [2.75, 3.05) is 0 Å². The summed E-state index contributed by atoms with van der Waals surface area (Å²) in [5.41, 5.74) is 2.57. The molecule has 1 heteroatoms. The highest BCUT2D eigenvalue weighted by molar-refractivity contribution is 5.54. The zero-order valence-corrected chi connectivity index (χ0v) is 6.99. The summed E-state index contributed by atoms with van der Waals surface area (Å²) in [4.78, 5) is 0. The Kier molecular flexibility index (Phi) is 2.12. The fraction of sp³-hybridized carbons (Fsp3) is 0.273. The Hall–Kier alpha value is -1.24. The van der Waals surface area contributed by atoms with Crippen LogP contribution in [0.4, 0.5) is 0 Å². The van der Waals surface area contributed by atoms with Crippen molar-refractivity contribution in [3.63, 3.8) is 0 Å². The lowest BCUT2D eigenvalue weighted by Gasteiger charge is -2.05. The minimum atomic E-state index is 1.16. The predicted octanol–water partition coefficient (Wildman–Crippen LogP) is 3.40. The minimum Gasteiger partial charge on any atom is -0.472 e. The molecule has 0 atom stereocenters. The summed E-state index contributed by atoms with van der Waals surface area (Å²) in [5.74, 6) is 0. The zero-order chi connectivity index (χ0) is 8.23. The van der Waals surface area contributed by atoms with Crippen molar-refractivity contribution in [3.8, 4) is 0 Å². The van der Waals surface area contributed by atoms with E-state index in [1.807, 2.05) is 6.07 Å². The summed E-state index contributed by atoms with van der Waals surface area (Å²) < 4.78 is 4.99. The van der Waals surface area contributed by atoms with Crippen molar-refractivity contribution >= 4 is 6.08 Å². The van der Waals surface area contributed by atoms with Crippen molar-refractivity contribution < 1.29 is 4.42 Å². The Bertz CT molecular complexity index is 291. The maximum Gasteiger partial charge on any atom is 0.0974 e. The topological polar surface area (TPSA) is 13.1 Å². The van der Waals surface area contributed by atoms with E-state index in [1.54, 1.807) is 12.5 Å². The molecule has 12 heavy (non-hydrogen) atoms. The van der Waals surface area contributed by atoms with E-state index in [0.717, 1.165) is 5.56 Å². The molecule has 0 radical (unpaired) electrons. The molecule has 1 aromatic heterocycles. The summed E-state index contributed by atoms with van der Waals surface area (Å²) in [6, 6.07) is 1.98. The molecule has 1 heterocycles. The van der Waals surface area contributed by atoms with E-state index < -0.39 is 0 Å². The van der Waals surface area contributed by atoms with Crippen LogP contribution in [0.15, 0.2) is 40.7 Å². The van der Waals surface area contributed by atoms with Gasteiger partial charge in [0.05, 0.1) is 12.5 Å². The molecule has 0 amide bonds. The van der Waals surface area contributed by atoms with Crippen LogP contribution in [0.25, 0.3) is 6.08 Å². The molecule has 0 saturated carbocycles. The first-order chi connectivity index (χ1) is 5.95. The molecule has 62 valence electrons. The van der Waals surface area contributed by atoms with Gasteiger partial charge in [-0.1, -0.05) is 12.2 Å². The fourth-order valence-corrected chi connectivity index (χ4v) is 1.43. The van der Waals surface area contributed by atoms with Crippen LogP contribution in [-0.2, 0) is 0 Å². The molecule has 1 aliphatic carbocycles. The number of furan rings is 1. The number of hydrogen-bond acceptors (Lipinski definition) is 1. The minimum absolute atomic E-state index is 1.16. The molecule has 0 fully saturated rings. The first kappa shape index (κ1) is 7.41. The van der Waals surface area contributed by atoms with Gasteiger partial charge in [-0.2, -0.15) is 0 Å². The molecule has 0 spiro atoms. The Balaban J connectivity index is 2.17. The summed E-state index contributed by atoms with van der Waals surface area (Å²) in [6.07, 6.45) is 13.8. The average Bonchev–Trinajstić information content (AvgIpc) is 2.59. The third kappa shape index (κ3) is 1.67. The monoisotopic (exact) mass is 160 g/mol. The first-order valence-electron chi connectivity index (χ1n) is 4.34. The van der Waals surface area contributed by atoms with Crippen LogP contribution in [0.1, 0.15) is 24.8 Å². The molecular formula is C11H12O. The number of hydrogen-bond donors (Lipinski definition) is 0. The van der Waals surface area contributed by atoms with E-state index in [9.17, 15) is 0 Å². The molecule has 0 bridgehead atoms. The predicted molar refractivity (Wildman–Crippen MR) is 49.7 cm³/mol. The highest BCUT2D eigenvalue weighted by atomic mass is 16.3. The molecule has 0 aromatic carbocycles. The second kappa shape index (κ2) is 3.44. The second-order valence-electron chi connectivity index (χ2n) is 3.07. The van der Waals surface area contributed by atoms with Gasteiger partial charge in [0.25, 0.3) is 0 Å². The zero-order valence-electron chi connectivity index (χ0n) is 6.99. The Morgan fingerprint density at radius 3 is 3.08 bits per heavy atom. The van der Waals surface area contributed by atoms with E-state index in [-0.39, 0.29) is 0 Å². The molecule has 0 saturated heterocycles. The van der Waals surface area contributed by atoms with Gasteiger partial charge in [0.1, 0.15) is 0 Å². The van der Waals surface area contributed by atoms with Crippen LogP contribution >= 0.6 is 0 Å². The van der Waals surface area contributed by atoms with E-state index in [0.29, 0.717) is 0 Å². The first-order valence-corrected chi connectivity index (χ1v) is 4.34. The number of rotatable bonds is 1. The van der Waals surface area contributed by atoms with Gasteiger partial charge in [0.2, 0.25) is 0 Å². The van der Waals surface area contributed by atoms with Gasteiger partial charge in [-0.15, -0.1) is 0 Å². The fourth-order valence-electron chi connectivity index (χ4n) is 1.43. The van der Waals surface area contributed by atoms with E-state index in [1.165, 1.54) is 24.8 Å². The standard InChI is InChI=1S/C11H12O/c1-2-4-10(5-3-1)8-11-6-7-12-9-11/h2,4,6-9H,1,3,5H2/b10-8-. The normalized spacial score (nSPS) is 20.2. The second-order valence-corrected chi connectivity index (χ2v) is 3.07. The van der Waals surface area contributed by atoms with Crippen molar-refractivity contribution in [2.45, 2.75) is 19.3 Å². The van der Waals surface area contributed by atoms with Crippen LogP contribution in [0, 0.1) is 0 Å². The molecule has 0 N–H and O–H groups in total. The SMILES string of the molecule is C1=C/C(=C/c2ccoc2)CCC1. The van der Waals surface area contributed by atoms with Crippen molar-refractivity contribution in [3.05, 3.63) is 41.9 Å². The van der Waals surface area contributed by atoms with Gasteiger partial charge in [-0.25, -0.2) is 0 Å². The van der Waals surface area contributed by atoms with Gasteiger partial charge in [-0.05, 0) is 37.0 Å². The van der Waals surface area contributed by atoms with Crippen molar-refractivity contribution in [1.82, 2.24) is 0 Å². The van der Waals surface area contributed by atoms with E-state index in [4.69, 9.17) is 4.42 Å². The molecule has 1 aliphatic rings. The summed E-state index contributed by atoms with van der Waals surface area (Å²) in [6.45, 7) is 0. The average molecular weight is 160 g/mol. The smallest absolute Gasteiger partial charge is 0.0974 e. The lowest BCUT2D eigenvalue weighted by atomic mass is 10.0. The molecule has 1 aromatic rings. The van der Waals surface area contributed by atoms with E-state index >= 15 is 0 Å².